The van der Waals surface area contributed by atoms with Crippen molar-refractivity contribution < 1.29 is 5.11 Å². The van der Waals surface area contributed by atoms with E-state index in [0.717, 1.165) is 0 Å². The summed E-state index contributed by atoms with van der Waals surface area (Å²) in [4.78, 5) is 18.6. The Hall–Kier alpha value is -1.84. The first-order chi connectivity index (χ1) is 7.08. The number of aromatic hydroxyl groups is 1. The number of hydrogen-bond acceptors (Lipinski definition) is 3. The minimum atomic E-state index is -0.163. The predicted octanol–water partition coefficient (Wildman–Crippen LogP) is 1.75. The lowest BCUT2D eigenvalue weighted by molar-refractivity contribution is 0.476. The lowest BCUT2D eigenvalue weighted by atomic mass is 10.2. The van der Waals surface area contributed by atoms with Crippen LogP contribution >= 0.6 is 0 Å². The van der Waals surface area contributed by atoms with Gasteiger partial charge in [-0.3, -0.25) is 4.79 Å². The van der Waals surface area contributed by atoms with Gasteiger partial charge in [-0.05, 0) is 12.1 Å². The molecule has 2 rings (SSSR count). The fraction of sp³-hybridized carbons (Fsp3) is 0.273. The van der Waals surface area contributed by atoms with Gasteiger partial charge in [0.2, 0.25) is 0 Å². The number of rotatable bonds is 1. The summed E-state index contributed by atoms with van der Waals surface area (Å²) in [6.07, 6.45) is 0. The van der Waals surface area contributed by atoms with E-state index in [9.17, 15) is 9.90 Å². The van der Waals surface area contributed by atoms with Crippen LogP contribution in [0.2, 0.25) is 0 Å². The van der Waals surface area contributed by atoms with E-state index in [-0.39, 0.29) is 17.2 Å². The summed E-state index contributed by atoms with van der Waals surface area (Å²) in [5.74, 6) is 0.915. The minimum Gasteiger partial charge on any atom is -0.508 e. The number of fused-ring (bicyclic) bond motifs is 1. The van der Waals surface area contributed by atoms with Crippen molar-refractivity contribution in [1.82, 2.24) is 9.97 Å². The van der Waals surface area contributed by atoms with Gasteiger partial charge < -0.3 is 10.1 Å². The Morgan fingerprint density at radius 1 is 1.40 bits per heavy atom. The number of aromatic nitrogens is 2. The van der Waals surface area contributed by atoms with E-state index in [4.69, 9.17) is 0 Å². The maximum atomic E-state index is 11.6. The van der Waals surface area contributed by atoms with Gasteiger partial charge in [-0.2, -0.15) is 0 Å². The molecule has 0 aliphatic rings. The number of phenols is 1. The Labute approximate surface area is 86.6 Å². The second-order valence-corrected chi connectivity index (χ2v) is 3.81. The Morgan fingerprint density at radius 3 is 2.80 bits per heavy atom. The fourth-order valence-electron chi connectivity index (χ4n) is 1.42. The zero-order chi connectivity index (χ0) is 11.0. The van der Waals surface area contributed by atoms with Gasteiger partial charge in [-0.25, -0.2) is 4.98 Å². The Bertz CT molecular complexity index is 558. The van der Waals surface area contributed by atoms with E-state index < -0.39 is 0 Å². The van der Waals surface area contributed by atoms with Gasteiger partial charge in [0.15, 0.2) is 0 Å². The molecule has 0 unspecified atom stereocenters. The van der Waals surface area contributed by atoms with Crippen LogP contribution in [-0.2, 0) is 0 Å². The first-order valence-corrected chi connectivity index (χ1v) is 4.81. The highest BCUT2D eigenvalue weighted by molar-refractivity contribution is 5.78. The zero-order valence-electron chi connectivity index (χ0n) is 8.61. The summed E-state index contributed by atoms with van der Waals surface area (Å²) >= 11 is 0. The third kappa shape index (κ3) is 1.70. The summed E-state index contributed by atoms with van der Waals surface area (Å²) < 4.78 is 0. The molecular formula is C11H12N2O2. The smallest absolute Gasteiger partial charge is 0.258 e. The Balaban J connectivity index is 2.80. The minimum absolute atomic E-state index is 0.121. The van der Waals surface area contributed by atoms with Crippen LogP contribution in [0.3, 0.4) is 0 Å². The summed E-state index contributed by atoms with van der Waals surface area (Å²) in [6.45, 7) is 3.90. The molecule has 78 valence electrons. The lowest BCUT2D eigenvalue weighted by Crippen LogP contribution is -2.12. The average molecular weight is 204 g/mol. The summed E-state index contributed by atoms with van der Waals surface area (Å²) in [5, 5.41) is 9.80. The van der Waals surface area contributed by atoms with E-state index in [2.05, 4.69) is 9.97 Å². The maximum absolute atomic E-state index is 11.6. The van der Waals surface area contributed by atoms with Crippen LogP contribution in [0.4, 0.5) is 0 Å². The normalized spacial score (nSPS) is 11.1. The largest absolute Gasteiger partial charge is 0.508 e. The van der Waals surface area contributed by atoms with E-state index in [1.165, 1.54) is 12.1 Å². The highest BCUT2D eigenvalue weighted by atomic mass is 16.3. The number of nitrogens with one attached hydrogen (secondary N) is 1. The van der Waals surface area contributed by atoms with Crippen LogP contribution in [0.15, 0.2) is 23.0 Å². The van der Waals surface area contributed by atoms with Crippen molar-refractivity contribution in [2.45, 2.75) is 19.8 Å². The van der Waals surface area contributed by atoms with E-state index >= 15 is 0 Å². The average Bonchev–Trinajstić information content (AvgIpc) is 2.16. The summed E-state index contributed by atoms with van der Waals surface area (Å²) in [7, 11) is 0. The standard InChI is InChI=1S/C11H12N2O2/c1-6(2)10-12-9-5-7(14)3-4-8(9)11(15)13-10/h3-6,14H,1-2H3,(H,12,13,15). The molecule has 4 heteroatoms. The molecule has 0 fully saturated rings. The molecule has 0 aliphatic heterocycles. The third-order valence-corrected chi connectivity index (χ3v) is 2.26. The number of H-pyrrole nitrogens is 1. The number of nitrogens with zero attached hydrogens (tertiary/aromatic N) is 1. The molecule has 2 N–H and O–H groups in total. The van der Waals surface area contributed by atoms with Gasteiger partial charge in [0.25, 0.3) is 5.56 Å². The van der Waals surface area contributed by atoms with Crippen molar-refractivity contribution in [2.75, 3.05) is 0 Å². The number of phenolic OH excluding ortho intramolecular Hbond substituents is 1. The topological polar surface area (TPSA) is 66.0 Å². The predicted molar refractivity (Wildman–Crippen MR) is 58.1 cm³/mol. The van der Waals surface area contributed by atoms with Gasteiger partial charge in [-0.15, -0.1) is 0 Å². The SMILES string of the molecule is CC(C)c1nc2cc(O)ccc2c(=O)[nH]1. The van der Waals surface area contributed by atoms with Gasteiger partial charge in [0.05, 0.1) is 10.9 Å². The molecule has 0 saturated carbocycles. The molecule has 1 aromatic heterocycles. The quantitative estimate of drug-likeness (QED) is 0.743. The molecule has 1 heterocycles. The van der Waals surface area contributed by atoms with Gasteiger partial charge in [-0.1, -0.05) is 13.8 Å². The second kappa shape index (κ2) is 3.38. The molecule has 0 atom stereocenters. The molecule has 0 spiro atoms. The number of hydrogen-bond donors (Lipinski definition) is 2. The summed E-state index contributed by atoms with van der Waals surface area (Å²) in [5.41, 5.74) is 0.367. The molecular weight excluding hydrogens is 192 g/mol. The van der Waals surface area contributed by atoms with Crippen molar-refractivity contribution in [2.24, 2.45) is 0 Å². The van der Waals surface area contributed by atoms with Crippen molar-refractivity contribution >= 4 is 10.9 Å². The molecule has 2 aromatic rings. The van der Waals surface area contributed by atoms with Crippen LogP contribution in [0.25, 0.3) is 10.9 Å². The second-order valence-electron chi connectivity index (χ2n) is 3.81. The summed E-state index contributed by atoms with van der Waals surface area (Å²) in [6, 6.07) is 4.55. The van der Waals surface area contributed by atoms with E-state index in [0.29, 0.717) is 16.7 Å². The van der Waals surface area contributed by atoms with Crippen molar-refractivity contribution in [3.8, 4) is 5.75 Å². The Morgan fingerprint density at radius 2 is 2.13 bits per heavy atom. The Kier molecular flexibility index (Phi) is 2.19. The molecule has 0 saturated heterocycles. The number of aromatic amines is 1. The van der Waals surface area contributed by atoms with Gasteiger partial charge >= 0.3 is 0 Å². The van der Waals surface area contributed by atoms with Crippen molar-refractivity contribution in [3.63, 3.8) is 0 Å². The molecule has 4 nitrogen and oxygen atoms in total. The van der Waals surface area contributed by atoms with E-state index in [1.54, 1.807) is 6.07 Å². The molecule has 0 radical (unpaired) electrons. The monoisotopic (exact) mass is 204 g/mol. The lowest BCUT2D eigenvalue weighted by Gasteiger charge is -2.05. The van der Waals surface area contributed by atoms with Crippen LogP contribution in [0.5, 0.6) is 5.75 Å². The molecule has 0 aliphatic carbocycles. The third-order valence-electron chi connectivity index (χ3n) is 2.26. The van der Waals surface area contributed by atoms with E-state index in [1.807, 2.05) is 13.8 Å². The highest BCUT2D eigenvalue weighted by Crippen LogP contribution is 2.16. The molecule has 0 bridgehead atoms. The molecule has 1 aromatic carbocycles. The van der Waals surface area contributed by atoms with Gasteiger partial charge in [0, 0.05) is 12.0 Å². The zero-order valence-corrected chi connectivity index (χ0v) is 8.61. The molecule has 0 amide bonds. The first-order valence-electron chi connectivity index (χ1n) is 4.81. The number of benzene rings is 1. The maximum Gasteiger partial charge on any atom is 0.258 e. The van der Waals surface area contributed by atoms with Crippen LogP contribution < -0.4 is 5.56 Å². The van der Waals surface area contributed by atoms with Crippen molar-refractivity contribution in [1.29, 1.82) is 0 Å². The van der Waals surface area contributed by atoms with Crippen LogP contribution in [0.1, 0.15) is 25.6 Å². The van der Waals surface area contributed by atoms with Crippen LogP contribution in [-0.4, -0.2) is 15.1 Å². The first kappa shape index (κ1) is 9.71. The molecule has 15 heavy (non-hydrogen) atoms. The van der Waals surface area contributed by atoms with Crippen molar-refractivity contribution in [3.05, 3.63) is 34.4 Å². The van der Waals surface area contributed by atoms with Gasteiger partial charge in [0.1, 0.15) is 11.6 Å². The highest BCUT2D eigenvalue weighted by Gasteiger charge is 2.06. The van der Waals surface area contributed by atoms with Crippen LogP contribution in [0, 0.1) is 0 Å². The fourth-order valence-corrected chi connectivity index (χ4v) is 1.42.